The summed E-state index contributed by atoms with van der Waals surface area (Å²) in [5.74, 6) is -1.66. The minimum atomic E-state index is -0.835. The lowest BCUT2D eigenvalue weighted by atomic mass is 10.0. The smallest absolute Gasteiger partial charge is 0.159 e. The molecule has 4 rings (SSSR count). The van der Waals surface area contributed by atoms with Gasteiger partial charge in [0.25, 0.3) is 0 Å². The summed E-state index contributed by atoms with van der Waals surface area (Å²) < 4.78 is 26.9. The molecule has 0 aromatic heterocycles. The van der Waals surface area contributed by atoms with Crippen molar-refractivity contribution in [1.82, 2.24) is 4.90 Å². The SMILES string of the molecule is Fc1ccc(CN2CCN(c3ccc(Cl)cc3Cl)C(c3cccc(Cl)c3)C2)cc1F. The molecule has 0 saturated carbocycles. The molecule has 0 bridgehead atoms. The lowest BCUT2D eigenvalue weighted by molar-refractivity contribution is 0.215. The van der Waals surface area contributed by atoms with Crippen LogP contribution < -0.4 is 4.90 Å². The molecule has 156 valence electrons. The Morgan fingerprint density at radius 2 is 1.63 bits per heavy atom. The molecule has 0 spiro atoms. The normalized spacial score (nSPS) is 17.4. The highest BCUT2D eigenvalue weighted by atomic mass is 35.5. The van der Waals surface area contributed by atoms with Gasteiger partial charge in [-0.25, -0.2) is 8.78 Å². The van der Waals surface area contributed by atoms with Crippen molar-refractivity contribution in [3.63, 3.8) is 0 Å². The van der Waals surface area contributed by atoms with E-state index in [4.69, 9.17) is 34.8 Å². The van der Waals surface area contributed by atoms with Crippen LogP contribution in [0.2, 0.25) is 15.1 Å². The minimum Gasteiger partial charge on any atom is -0.361 e. The summed E-state index contributed by atoms with van der Waals surface area (Å²) in [6.45, 7) is 2.66. The van der Waals surface area contributed by atoms with Crippen molar-refractivity contribution in [2.45, 2.75) is 12.6 Å². The number of hydrogen-bond donors (Lipinski definition) is 0. The zero-order chi connectivity index (χ0) is 21.3. The zero-order valence-electron chi connectivity index (χ0n) is 16.0. The topological polar surface area (TPSA) is 6.48 Å². The van der Waals surface area contributed by atoms with Gasteiger partial charge in [-0.05, 0) is 53.6 Å². The Morgan fingerprint density at radius 1 is 0.833 bits per heavy atom. The molecule has 0 aliphatic carbocycles. The van der Waals surface area contributed by atoms with E-state index in [-0.39, 0.29) is 6.04 Å². The highest BCUT2D eigenvalue weighted by molar-refractivity contribution is 6.36. The maximum absolute atomic E-state index is 13.6. The fourth-order valence-electron chi connectivity index (χ4n) is 3.88. The van der Waals surface area contributed by atoms with Crippen LogP contribution in [0.25, 0.3) is 0 Å². The maximum atomic E-state index is 13.6. The van der Waals surface area contributed by atoms with Crippen LogP contribution in [0.5, 0.6) is 0 Å². The number of anilines is 1. The van der Waals surface area contributed by atoms with E-state index in [0.29, 0.717) is 34.7 Å². The Bertz CT molecular complexity index is 1060. The van der Waals surface area contributed by atoms with Gasteiger partial charge in [-0.3, -0.25) is 4.90 Å². The van der Waals surface area contributed by atoms with Gasteiger partial charge in [0.15, 0.2) is 11.6 Å². The van der Waals surface area contributed by atoms with E-state index in [0.717, 1.165) is 23.4 Å². The predicted octanol–water partition coefficient (Wildman–Crippen LogP) is 6.99. The zero-order valence-corrected chi connectivity index (χ0v) is 18.2. The van der Waals surface area contributed by atoms with E-state index in [9.17, 15) is 8.78 Å². The summed E-state index contributed by atoms with van der Waals surface area (Å²) in [4.78, 5) is 4.46. The number of piperazine rings is 1. The number of hydrogen-bond acceptors (Lipinski definition) is 2. The van der Waals surface area contributed by atoms with E-state index in [1.807, 2.05) is 36.4 Å². The highest BCUT2D eigenvalue weighted by Gasteiger charge is 2.30. The Kier molecular flexibility index (Phi) is 6.49. The maximum Gasteiger partial charge on any atom is 0.159 e. The van der Waals surface area contributed by atoms with E-state index < -0.39 is 11.6 Å². The molecule has 1 unspecified atom stereocenters. The monoisotopic (exact) mass is 466 g/mol. The standard InChI is InChI=1S/C23H19Cl3F2N2/c24-17-3-1-2-16(11-17)23-14-29(13-15-4-6-20(27)21(28)10-15)8-9-30(23)22-7-5-18(25)12-19(22)26/h1-7,10-12,23H,8-9,13-14H2. The lowest BCUT2D eigenvalue weighted by Gasteiger charge is -2.43. The second kappa shape index (κ2) is 9.11. The third kappa shape index (κ3) is 4.73. The number of halogens is 5. The summed E-state index contributed by atoms with van der Waals surface area (Å²) in [7, 11) is 0. The summed E-state index contributed by atoms with van der Waals surface area (Å²) in [5, 5.41) is 1.83. The molecule has 1 saturated heterocycles. The van der Waals surface area contributed by atoms with Gasteiger partial charge in [-0.15, -0.1) is 0 Å². The van der Waals surface area contributed by atoms with E-state index >= 15 is 0 Å². The Labute approximate surface area is 189 Å². The molecule has 0 amide bonds. The Hall–Kier alpha value is -1.85. The van der Waals surface area contributed by atoms with Crippen molar-refractivity contribution >= 4 is 40.5 Å². The fraction of sp³-hybridized carbons (Fsp3) is 0.217. The second-order valence-corrected chi connectivity index (χ2v) is 8.62. The fourth-order valence-corrected chi connectivity index (χ4v) is 4.60. The van der Waals surface area contributed by atoms with Gasteiger partial charge in [-0.1, -0.05) is 53.0 Å². The van der Waals surface area contributed by atoms with Crippen LogP contribution in [0.1, 0.15) is 17.2 Å². The quantitative estimate of drug-likeness (QED) is 0.408. The van der Waals surface area contributed by atoms with Crippen LogP contribution in [-0.4, -0.2) is 24.5 Å². The van der Waals surface area contributed by atoms with Gasteiger partial charge in [0.2, 0.25) is 0 Å². The number of benzene rings is 3. The molecule has 1 aliphatic rings. The average Bonchev–Trinajstić information content (AvgIpc) is 2.71. The minimum absolute atomic E-state index is 0.0126. The van der Waals surface area contributed by atoms with Gasteiger partial charge in [0.1, 0.15) is 0 Å². The van der Waals surface area contributed by atoms with Crippen molar-refractivity contribution in [2.75, 3.05) is 24.5 Å². The molecule has 0 radical (unpaired) electrons. The largest absolute Gasteiger partial charge is 0.361 e. The molecular formula is C23H19Cl3F2N2. The van der Waals surface area contributed by atoms with Crippen molar-refractivity contribution in [3.8, 4) is 0 Å². The molecular weight excluding hydrogens is 449 g/mol. The lowest BCUT2D eigenvalue weighted by Crippen LogP contribution is -2.48. The Morgan fingerprint density at radius 3 is 2.37 bits per heavy atom. The van der Waals surface area contributed by atoms with Gasteiger partial charge in [-0.2, -0.15) is 0 Å². The highest BCUT2D eigenvalue weighted by Crippen LogP contribution is 2.37. The van der Waals surface area contributed by atoms with Gasteiger partial charge in [0, 0.05) is 36.2 Å². The van der Waals surface area contributed by atoms with Crippen LogP contribution in [0.4, 0.5) is 14.5 Å². The molecule has 3 aromatic rings. The molecule has 1 fully saturated rings. The first-order valence-corrected chi connectivity index (χ1v) is 10.7. The Balaban J connectivity index is 1.63. The molecule has 7 heteroatoms. The predicted molar refractivity (Wildman–Crippen MR) is 120 cm³/mol. The molecule has 30 heavy (non-hydrogen) atoms. The van der Waals surface area contributed by atoms with E-state index in [1.165, 1.54) is 12.1 Å². The van der Waals surface area contributed by atoms with Crippen LogP contribution in [-0.2, 0) is 6.54 Å². The number of rotatable bonds is 4. The first-order chi connectivity index (χ1) is 14.4. The van der Waals surface area contributed by atoms with Crippen molar-refractivity contribution in [3.05, 3.63) is 98.5 Å². The van der Waals surface area contributed by atoms with Gasteiger partial charge >= 0.3 is 0 Å². The van der Waals surface area contributed by atoms with Gasteiger partial charge in [0.05, 0.1) is 16.8 Å². The molecule has 0 N–H and O–H groups in total. The second-order valence-electron chi connectivity index (χ2n) is 7.34. The van der Waals surface area contributed by atoms with E-state index in [2.05, 4.69) is 9.80 Å². The average molecular weight is 468 g/mol. The van der Waals surface area contributed by atoms with Crippen molar-refractivity contribution in [1.29, 1.82) is 0 Å². The molecule has 2 nitrogen and oxygen atoms in total. The molecule has 3 aromatic carbocycles. The third-order valence-corrected chi connectivity index (χ3v) is 6.08. The van der Waals surface area contributed by atoms with Crippen molar-refractivity contribution in [2.24, 2.45) is 0 Å². The first kappa shape index (κ1) is 21.4. The summed E-state index contributed by atoms with van der Waals surface area (Å²) >= 11 is 18.8. The van der Waals surface area contributed by atoms with Crippen LogP contribution in [0, 0.1) is 11.6 Å². The van der Waals surface area contributed by atoms with Crippen LogP contribution >= 0.6 is 34.8 Å². The van der Waals surface area contributed by atoms with Crippen LogP contribution in [0.15, 0.2) is 60.7 Å². The third-order valence-electron chi connectivity index (χ3n) is 5.31. The van der Waals surface area contributed by atoms with Crippen LogP contribution in [0.3, 0.4) is 0 Å². The summed E-state index contributed by atoms with van der Waals surface area (Å²) in [6, 6.07) is 17.3. The van der Waals surface area contributed by atoms with Crippen molar-refractivity contribution < 1.29 is 8.78 Å². The van der Waals surface area contributed by atoms with Gasteiger partial charge < -0.3 is 4.90 Å². The summed E-state index contributed by atoms with van der Waals surface area (Å²) in [5.41, 5.74) is 2.69. The number of nitrogens with zero attached hydrogens (tertiary/aromatic N) is 2. The molecule has 1 atom stereocenters. The molecule has 1 heterocycles. The summed E-state index contributed by atoms with van der Waals surface area (Å²) in [6.07, 6.45) is 0. The molecule has 1 aliphatic heterocycles. The van der Waals surface area contributed by atoms with E-state index in [1.54, 1.807) is 12.1 Å². The first-order valence-electron chi connectivity index (χ1n) is 9.54.